The number of aryl methyl sites for hydroxylation is 1. The summed E-state index contributed by atoms with van der Waals surface area (Å²) in [5, 5.41) is 2.75. The summed E-state index contributed by atoms with van der Waals surface area (Å²) in [6, 6.07) is 5.99. The van der Waals surface area contributed by atoms with Crippen molar-refractivity contribution in [2.75, 3.05) is 24.6 Å². The van der Waals surface area contributed by atoms with E-state index in [0.717, 1.165) is 55.0 Å². The van der Waals surface area contributed by atoms with E-state index in [4.69, 9.17) is 9.72 Å². The molecule has 29 heavy (non-hydrogen) atoms. The molecule has 0 bridgehead atoms. The second-order valence-electron chi connectivity index (χ2n) is 7.65. The van der Waals surface area contributed by atoms with Crippen LogP contribution >= 0.6 is 11.3 Å². The number of anilines is 2. The minimum absolute atomic E-state index is 0.0298. The van der Waals surface area contributed by atoms with Gasteiger partial charge in [-0.1, -0.05) is 12.1 Å². The van der Waals surface area contributed by atoms with Gasteiger partial charge in [-0.05, 0) is 38.0 Å². The predicted octanol–water partition coefficient (Wildman–Crippen LogP) is 2.80. The molecule has 0 radical (unpaired) electrons. The summed E-state index contributed by atoms with van der Waals surface area (Å²) >= 11 is 1.50. The fourth-order valence-corrected chi connectivity index (χ4v) is 4.70. The lowest BCUT2D eigenvalue weighted by molar-refractivity contribution is -0.919. The first-order valence-electron chi connectivity index (χ1n) is 10.2. The number of quaternary nitrogens is 1. The van der Waals surface area contributed by atoms with Gasteiger partial charge in [-0.3, -0.25) is 14.5 Å². The lowest BCUT2D eigenvalue weighted by Crippen LogP contribution is -3.11. The molecule has 1 aromatic carbocycles. The zero-order valence-corrected chi connectivity index (χ0v) is 18.5. The molecular weight excluding hydrogens is 386 g/mol. The summed E-state index contributed by atoms with van der Waals surface area (Å²) in [5.74, 6) is -0.0717. The lowest BCUT2D eigenvalue weighted by atomic mass is 9.97. The fourth-order valence-electron chi connectivity index (χ4n) is 3.82. The van der Waals surface area contributed by atoms with Crippen molar-refractivity contribution in [3.8, 4) is 0 Å². The minimum Gasteiger partial charge on any atom is -0.466 e. The normalized spacial score (nSPS) is 19.0. The summed E-state index contributed by atoms with van der Waals surface area (Å²) in [5.41, 5.74) is 4.12. The summed E-state index contributed by atoms with van der Waals surface area (Å²) < 4.78 is 5.15. The van der Waals surface area contributed by atoms with Crippen molar-refractivity contribution in [1.29, 1.82) is 0 Å². The van der Waals surface area contributed by atoms with Crippen LogP contribution in [0, 0.1) is 19.8 Å². The van der Waals surface area contributed by atoms with E-state index in [2.05, 4.69) is 0 Å². The Morgan fingerprint density at radius 3 is 2.66 bits per heavy atom. The molecule has 0 unspecified atom stereocenters. The van der Waals surface area contributed by atoms with Gasteiger partial charge < -0.3 is 9.64 Å². The van der Waals surface area contributed by atoms with Crippen molar-refractivity contribution < 1.29 is 19.2 Å². The van der Waals surface area contributed by atoms with Crippen LogP contribution in [0.4, 0.5) is 10.8 Å². The molecule has 0 aliphatic carbocycles. The third-order valence-corrected chi connectivity index (χ3v) is 6.48. The Labute approximate surface area is 176 Å². The molecule has 1 fully saturated rings. The molecule has 1 aromatic heterocycles. The van der Waals surface area contributed by atoms with Crippen LogP contribution in [0.1, 0.15) is 43.5 Å². The number of nitrogens with zero attached hydrogens (tertiary/aromatic N) is 2. The molecule has 2 heterocycles. The molecule has 156 valence electrons. The second-order valence-corrected chi connectivity index (χ2v) is 8.48. The van der Waals surface area contributed by atoms with Gasteiger partial charge in [-0.25, -0.2) is 4.98 Å². The van der Waals surface area contributed by atoms with Gasteiger partial charge in [0.25, 0.3) is 0 Å². The zero-order valence-electron chi connectivity index (χ0n) is 17.7. The maximum Gasteiger partial charge on any atom is 0.309 e. The molecule has 0 atom stereocenters. The fraction of sp³-hybridized carbons (Fsp3) is 0.500. The van der Waals surface area contributed by atoms with E-state index in [1.54, 1.807) is 11.8 Å². The molecule has 3 rings (SSSR count). The molecule has 1 saturated heterocycles. The molecule has 0 saturated carbocycles. The molecule has 6 nitrogen and oxygen atoms in total. The van der Waals surface area contributed by atoms with E-state index in [0.29, 0.717) is 11.7 Å². The highest BCUT2D eigenvalue weighted by Crippen LogP contribution is 2.32. The number of ether oxygens (including phenoxy) is 1. The number of thiazole rings is 1. The lowest BCUT2D eigenvalue weighted by Gasteiger charge is -2.27. The van der Waals surface area contributed by atoms with Crippen LogP contribution in [0.25, 0.3) is 0 Å². The van der Waals surface area contributed by atoms with Gasteiger partial charge in [-0.15, -0.1) is 11.3 Å². The molecule has 2 aromatic rings. The van der Waals surface area contributed by atoms with Gasteiger partial charge in [0.1, 0.15) is 12.2 Å². The van der Waals surface area contributed by atoms with Crippen molar-refractivity contribution in [1.82, 2.24) is 4.98 Å². The highest BCUT2D eigenvalue weighted by atomic mass is 32.1. The Morgan fingerprint density at radius 1 is 1.28 bits per heavy atom. The number of nitrogens with one attached hydrogen (secondary N) is 1. The highest BCUT2D eigenvalue weighted by Gasteiger charge is 2.29. The van der Waals surface area contributed by atoms with E-state index in [9.17, 15) is 9.59 Å². The van der Waals surface area contributed by atoms with E-state index in [-0.39, 0.29) is 17.8 Å². The van der Waals surface area contributed by atoms with E-state index in [1.807, 2.05) is 44.4 Å². The van der Waals surface area contributed by atoms with Crippen LogP contribution in [0.2, 0.25) is 0 Å². The van der Waals surface area contributed by atoms with Crippen LogP contribution in [0.15, 0.2) is 23.6 Å². The number of amides is 1. The van der Waals surface area contributed by atoms with Crippen LogP contribution in [0.5, 0.6) is 0 Å². The summed E-state index contributed by atoms with van der Waals surface area (Å²) in [6.07, 6.45) is 1.71. The maximum absolute atomic E-state index is 12.4. The molecule has 1 amide bonds. The Bertz CT molecular complexity index is 872. The number of carbonyl (C=O) groups excluding carboxylic acids is 2. The molecule has 7 heteroatoms. The minimum atomic E-state index is -0.0619. The van der Waals surface area contributed by atoms with Gasteiger partial charge in [0.05, 0.1) is 31.3 Å². The monoisotopic (exact) mass is 416 g/mol. The number of carbonyl (C=O) groups is 2. The van der Waals surface area contributed by atoms with E-state index < -0.39 is 0 Å². The zero-order chi connectivity index (χ0) is 21.0. The highest BCUT2D eigenvalue weighted by molar-refractivity contribution is 7.14. The third kappa shape index (κ3) is 5.03. The Kier molecular flexibility index (Phi) is 7.03. The van der Waals surface area contributed by atoms with Crippen molar-refractivity contribution >= 4 is 34.0 Å². The number of rotatable bonds is 6. The molecule has 1 aliphatic rings. The first-order chi connectivity index (χ1) is 13.9. The topological polar surface area (TPSA) is 63.9 Å². The third-order valence-electron chi connectivity index (χ3n) is 5.61. The van der Waals surface area contributed by atoms with Crippen LogP contribution in [0.3, 0.4) is 0 Å². The van der Waals surface area contributed by atoms with E-state index >= 15 is 0 Å². The quantitative estimate of drug-likeness (QED) is 0.736. The number of hydrogen-bond acceptors (Lipinski definition) is 5. The summed E-state index contributed by atoms with van der Waals surface area (Å²) in [7, 11) is 0. The molecule has 1 aliphatic heterocycles. The summed E-state index contributed by atoms with van der Waals surface area (Å²) in [6.45, 7) is 10.6. The average Bonchev–Trinajstić information content (AvgIpc) is 3.13. The van der Waals surface area contributed by atoms with Crippen LogP contribution in [-0.2, 0) is 20.9 Å². The number of benzene rings is 1. The second kappa shape index (κ2) is 9.50. The van der Waals surface area contributed by atoms with E-state index in [1.165, 1.54) is 16.2 Å². The molecule has 1 N–H and O–H groups in total. The Hall–Kier alpha value is -2.25. The Morgan fingerprint density at radius 2 is 2.00 bits per heavy atom. The van der Waals surface area contributed by atoms with Crippen molar-refractivity contribution in [2.24, 2.45) is 5.92 Å². The maximum atomic E-state index is 12.4. The number of likely N-dealkylation sites (tertiary alicyclic amines) is 1. The SMILES string of the molecule is CCOC(=O)C1CC[NH+](Cc2csc(N(C(C)=O)c3cccc(C)c3C)n2)CC1. The van der Waals surface area contributed by atoms with Crippen LogP contribution in [-0.4, -0.2) is 36.6 Å². The standard InChI is InChI=1S/C22H29N3O3S/c1-5-28-21(27)18-9-11-24(12-10-18)13-19-14-29-22(23-19)25(17(4)26)20-8-6-7-15(2)16(20)3/h6-8,14,18H,5,9-13H2,1-4H3/p+1. The van der Waals surface area contributed by atoms with Gasteiger partial charge in [0.15, 0.2) is 5.13 Å². The van der Waals surface area contributed by atoms with Crippen LogP contribution < -0.4 is 9.80 Å². The summed E-state index contributed by atoms with van der Waals surface area (Å²) in [4.78, 5) is 32.2. The van der Waals surface area contributed by atoms with Gasteiger partial charge in [-0.2, -0.15) is 0 Å². The number of hydrogen-bond donors (Lipinski definition) is 1. The largest absolute Gasteiger partial charge is 0.466 e. The number of esters is 1. The smallest absolute Gasteiger partial charge is 0.309 e. The number of piperidine rings is 1. The predicted molar refractivity (Wildman–Crippen MR) is 115 cm³/mol. The molecule has 0 spiro atoms. The van der Waals surface area contributed by atoms with Crippen molar-refractivity contribution in [2.45, 2.75) is 47.1 Å². The van der Waals surface area contributed by atoms with Crippen molar-refractivity contribution in [3.05, 3.63) is 40.4 Å². The van der Waals surface area contributed by atoms with Gasteiger partial charge in [0, 0.05) is 25.1 Å². The molecular formula is C22H30N3O3S+. The average molecular weight is 417 g/mol. The van der Waals surface area contributed by atoms with Crippen molar-refractivity contribution in [3.63, 3.8) is 0 Å². The van der Waals surface area contributed by atoms with Gasteiger partial charge in [0.2, 0.25) is 5.91 Å². The number of aromatic nitrogens is 1. The first kappa shape index (κ1) is 21.5. The Balaban J connectivity index is 1.68. The van der Waals surface area contributed by atoms with Gasteiger partial charge >= 0.3 is 5.97 Å². The first-order valence-corrected chi connectivity index (χ1v) is 11.1.